The molecule has 0 saturated carbocycles. The first-order valence-electron chi connectivity index (χ1n) is 9.94. The first kappa shape index (κ1) is 22.7. The third-order valence-electron chi connectivity index (χ3n) is 4.80. The van der Waals surface area contributed by atoms with Gasteiger partial charge in [-0.3, -0.25) is 28.9 Å². The number of esters is 2. The minimum absolute atomic E-state index is 0.00689. The van der Waals surface area contributed by atoms with Gasteiger partial charge in [-0.15, -0.1) is 0 Å². The van der Waals surface area contributed by atoms with Crippen LogP contribution in [0.3, 0.4) is 0 Å². The van der Waals surface area contributed by atoms with Gasteiger partial charge in [0.15, 0.2) is 0 Å². The summed E-state index contributed by atoms with van der Waals surface area (Å²) >= 11 is 0. The van der Waals surface area contributed by atoms with Crippen LogP contribution in [0.1, 0.15) is 24.0 Å². The lowest BCUT2D eigenvalue weighted by Gasteiger charge is -2.16. The molecule has 0 aromatic heterocycles. The summed E-state index contributed by atoms with van der Waals surface area (Å²) in [6.07, 6.45) is 5.25. The number of benzene rings is 1. The summed E-state index contributed by atoms with van der Waals surface area (Å²) in [5.41, 5.74) is 1.96. The van der Waals surface area contributed by atoms with Gasteiger partial charge >= 0.3 is 11.9 Å². The Kier molecular flexibility index (Phi) is 7.33. The maximum atomic E-state index is 12.0. The molecule has 2 aliphatic heterocycles. The predicted octanol–water partition coefficient (Wildman–Crippen LogP) is 1.39. The summed E-state index contributed by atoms with van der Waals surface area (Å²) in [4.78, 5) is 60.8. The third kappa shape index (κ3) is 6.00. The molecule has 0 N–H and O–H groups in total. The summed E-state index contributed by atoms with van der Waals surface area (Å²) in [5.74, 6) is -2.09. The Morgan fingerprint density at radius 3 is 1.72 bits per heavy atom. The molecule has 32 heavy (non-hydrogen) atoms. The number of hydrogen-bond donors (Lipinski definition) is 0. The number of hydrogen-bond acceptors (Lipinski definition) is 7. The molecule has 9 nitrogen and oxygen atoms in total. The topological polar surface area (TPSA) is 110 Å². The summed E-state index contributed by atoms with van der Waals surface area (Å²) in [5, 5.41) is 0. The van der Waals surface area contributed by atoms with Gasteiger partial charge < -0.3 is 14.4 Å². The maximum Gasteiger partial charge on any atom is 0.307 e. The van der Waals surface area contributed by atoms with Gasteiger partial charge in [0.1, 0.15) is 13.2 Å². The molecule has 3 amide bonds. The standard InChI is InChI=1S/C23H22N2O7/c1-16-5-6-19(26)24(16)11-9-22(29)31-14-17-3-2-4-18(13-17)15-32-23(30)10-12-25-20(27)7-8-21(25)28/h2-8,13H,1,9-12,14-15H2. The van der Waals surface area contributed by atoms with Crippen molar-refractivity contribution in [1.82, 2.24) is 9.80 Å². The van der Waals surface area contributed by atoms with E-state index in [0.717, 1.165) is 22.6 Å². The van der Waals surface area contributed by atoms with Crippen LogP contribution in [0.15, 0.2) is 60.8 Å². The Morgan fingerprint density at radius 2 is 1.22 bits per heavy atom. The van der Waals surface area contributed by atoms with E-state index in [1.54, 1.807) is 30.3 Å². The normalized spacial score (nSPS) is 15.1. The van der Waals surface area contributed by atoms with E-state index < -0.39 is 23.8 Å². The van der Waals surface area contributed by atoms with Gasteiger partial charge in [0.25, 0.3) is 17.7 Å². The van der Waals surface area contributed by atoms with E-state index in [1.807, 2.05) is 0 Å². The number of rotatable bonds is 10. The molecule has 3 rings (SSSR count). The van der Waals surface area contributed by atoms with E-state index in [-0.39, 0.29) is 45.1 Å². The largest absolute Gasteiger partial charge is 0.461 e. The summed E-state index contributed by atoms with van der Waals surface area (Å²) < 4.78 is 10.4. The van der Waals surface area contributed by atoms with Crippen molar-refractivity contribution in [2.45, 2.75) is 26.1 Å². The highest BCUT2D eigenvalue weighted by Crippen LogP contribution is 2.14. The van der Waals surface area contributed by atoms with Crippen molar-refractivity contribution in [3.8, 4) is 0 Å². The monoisotopic (exact) mass is 438 g/mol. The summed E-state index contributed by atoms with van der Waals surface area (Å²) in [6.45, 7) is 3.94. The van der Waals surface area contributed by atoms with Crippen LogP contribution in [0.25, 0.3) is 0 Å². The van der Waals surface area contributed by atoms with E-state index >= 15 is 0 Å². The molecule has 0 saturated heterocycles. The minimum Gasteiger partial charge on any atom is -0.461 e. The zero-order valence-corrected chi connectivity index (χ0v) is 17.3. The average Bonchev–Trinajstić information content (AvgIpc) is 3.28. The maximum absolute atomic E-state index is 12.0. The molecule has 2 aliphatic rings. The van der Waals surface area contributed by atoms with Crippen LogP contribution in [0.4, 0.5) is 0 Å². The molecule has 0 aliphatic carbocycles. The van der Waals surface area contributed by atoms with E-state index in [4.69, 9.17) is 9.47 Å². The Morgan fingerprint density at radius 1 is 0.750 bits per heavy atom. The Bertz CT molecular complexity index is 912. The SMILES string of the molecule is C=C1C=CC(=O)N1CCC(=O)OCc1cccc(COC(=O)CCN2C(=O)C=CC2=O)c1. The van der Waals surface area contributed by atoms with Crippen LogP contribution in [0.5, 0.6) is 0 Å². The molecule has 2 heterocycles. The zero-order valence-electron chi connectivity index (χ0n) is 17.3. The average molecular weight is 438 g/mol. The number of amides is 3. The first-order chi connectivity index (χ1) is 15.3. The Hall–Kier alpha value is -4.01. The Balaban J connectivity index is 1.38. The molecule has 166 valence electrons. The fourth-order valence-electron chi connectivity index (χ4n) is 3.08. The molecule has 0 spiro atoms. The van der Waals surface area contributed by atoms with Crippen molar-refractivity contribution in [1.29, 1.82) is 0 Å². The smallest absolute Gasteiger partial charge is 0.307 e. The van der Waals surface area contributed by atoms with Crippen molar-refractivity contribution < 1.29 is 33.4 Å². The molecular formula is C23H22N2O7. The molecule has 1 aromatic carbocycles. The second-order valence-corrected chi connectivity index (χ2v) is 7.12. The van der Waals surface area contributed by atoms with E-state index in [0.29, 0.717) is 11.3 Å². The molecule has 0 radical (unpaired) electrons. The molecule has 0 unspecified atom stereocenters. The van der Waals surface area contributed by atoms with Gasteiger partial charge in [0.2, 0.25) is 0 Å². The van der Waals surface area contributed by atoms with Crippen molar-refractivity contribution >= 4 is 29.7 Å². The number of imide groups is 1. The number of nitrogens with zero attached hydrogens (tertiary/aromatic N) is 2. The number of carbonyl (C=O) groups is 5. The van der Waals surface area contributed by atoms with Gasteiger partial charge in [-0.05, 0) is 23.3 Å². The van der Waals surface area contributed by atoms with Crippen LogP contribution < -0.4 is 0 Å². The van der Waals surface area contributed by atoms with Crippen molar-refractivity contribution in [2.24, 2.45) is 0 Å². The van der Waals surface area contributed by atoms with Crippen LogP contribution in [-0.4, -0.2) is 52.5 Å². The molecule has 0 bridgehead atoms. The van der Waals surface area contributed by atoms with E-state index in [9.17, 15) is 24.0 Å². The van der Waals surface area contributed by atoms with Crippen molar-refractivity contribution in [3.05, 3.63) is 72.0 Å². The quantitative estimate of drug-likeness (QED) is 0.401. The molecule has 1 aromatic rings. The lowest BCUT2D eigenvalue weighted by Crippen LogP contribution is -2.32. The molecular weight excluding hydrogens is 416 g/mol. The van der Waals surface area contributed by atoms with Gasteiger partial charge in [0.05, 0.1) is 12.8 Å². The number of ether oxygens (including phenoxy) is 2. The van der Waals surface area contributed by atoms with Gasteiger partial charge in [0, 0.05) is 37.0 Å². The molecule has 0 atom stereocenters. The first-order valence-corrected chi connectivity index (χ1v) is 9.94. The number of carbonyl (C=O) groups excluding carboxylic acids is 5. The third-order valence-corrected chi connectivity index (χ3v) is 4.80. The highest BCUT2D eigenvalue weighted by Gasteiger charge is 2.24. The molecule has 0 fully saturated rings. The lowest BCUT2D eigenvalue weighted by atomic mass is 10.1. The van der Waals surface area contributed by atoms with Crippen molar-refractivity contribution in [3.63, 3.8) is 0 Å². The summed E-state index contributed by atoms with van der Waals surface area (Å²) in [6, 6.07) is 7.02. The van der Waals surface area contributed by atoms with Gasteiger partial charge in [-0.1, -0.05) is 24.8 Å². The lowest BCUT2D eigenvalue weighted by molar-refractivity contribution is -0.147. The Labute approximate surface area is 184 Å². The second kappa shape index (κ2) is 10.3. The van der Waals surface area contributed by atoms with E-state index in [1.165, 1.54) is 11.0 Å². The second-order valence-electron chi connectivity index (χ2n) is 7.12. The summed E-state index contributed by atoms with van der Waals surface area (Å²) in [7, 11) is 0. The van der Waals surface area contributed by atoms with Crippen LogP contribution in [-0.2, 0) is 46.7 Å². The fourth-order valence-corrected chi connectivity index (χ4v) is 3.08. The van der Waals surface area contributed by atoms with Crippen LogP contribution in [0.2, 0.25) is 0 Å². The van der Waals surface area contributed by atoms with Crippen LogP contribution in [0, 0.1) is 0 Å². The van der Waals surface area contributed by atoms with Crippen molar-refractivity contribution in [2.75, 3.05) is 13.1 Å². The fraction of sp³-hybridized carbons (Fsp3) is 0.261. The van der Waals surface area contributed by atoms with E-state index in [2.05, 4.69) is 6.58 Å². The zero-order chi connectivity index (χ0) is 23.1. The number of allylic oxidation sites excluding steroid dienone is 1. The molecule has 9 heteroatoms. The van der Waals surface area contributed by atoms with Crippen LogP contribution >= 0.6 is 0 Å². The minimum atomic E-state index is -0.540. The highest BCUT2D eigenvalue weighted by molar-refractivity contribution is 6.13. The highest BCUT2D eigenvalue weighted by atomic mass is 16.5. The predicted molar refractivity (Wildman–Crippen MR) is 111 cm³/mol. The van der Waals surface area contributed by atoms with Gasteiger partial charge in [-0.25, -0.2) is 0 Å². The van der Waals surface area contributed by atoms with Gasteiger partial charge in [-0.2, -0.15) is 0 Å².